The molecule has 0 fully saturated rings. The molecule has 1 aromatic rings. The van der Waals surface area contributed by atoms with E-state index in [0.717, 1.165) is 6.42 Å². The predicted molar refractivity (Wildman–Crippen MR) is 39.7 cm³/mol. The molecular weight excluding hydrogens is 160 g/mol. The largest absolute Gasteiger partial charge is 0.373 e. The molecule has 0 saturated carbocycles. The van der Waals surface area contributed by atoms with Gasteiger partial charge in [-0.25, -0.2) is 0 Å². The number of aldehydes is 1. The van der Waals surface area contributed by atoms with Crippen LogP contribution in [0.15, 0.2) is 4.52 Å². The first-order chi connectivity index (χ1) is 5.81. The van der Waals surface area contributed by atoms with E-state index in [1.807, 2.05) is 6.92 Å². The van der Waals surface area contributed by atoms with E-state index in [2.05, 4.69) is 14.7 Å². The van der Waals surface area contributed by atoms with Gasteiger partial charge in [-0.1, -0.05) is 12.1 Å². The molecule has 5 heteroatoms. The Kier molecular flexibility index (Phi) is 2.93. The van der Waals surface area contributed by atoms with Crippen LogP contribution in [0.25, 0.3) is 0 Å². The molecule has 1 unspecified atom stereocenters. The Balaban J connectivity index is 2.79. The van der Waals surface area contributed by atoms with Crippen molar-refractivity contribution in [3.05, 3.63) is 11.7 Å². The quantitative estimate of drug-likeness (QED) is 0.630. The smallest absolute Gasteiger partial charge is 0.290 e. The van der Waals surface area contributed by atoms with E-state index >= 15 is 0 Å². The summed E-state index contributed by atoms with van der Waals surface area (Å²) in [6.45, 7) is 1.94. The average Bonchev–Trinajstić information content (AvgIpc) is 2.55. The van der Waals surface area contributed by atoms with Crippen LogP contribution in [0.4, 0.5) is 0 Å². The summed E-state index contributed by atoms with van der Waals surface area (Å²) in [6, 6.07) is 0. The third kappa shape index (κ3) is 1.68. The van der Waals surface area contributed by atoms with Gasteiger partial charge >= 0.3 is 0 Å². The molecule has 1 heterocycles. The predicted octanol–water partition coefficient (Wildman–Crippen LogP) is 0.980. The summed E-state index contributed by atoms with van der Waals surface area (Å²) in [7, 11) is 1.56. The van der Waals surface area contributed by atoms with Crippen molar-refractivity contribution in [2.24, 2.45) is 0 Å². The van der Waals surface area contributed by atoms with E-state index < -0.39 is 0 Å². The number of hydrogen-bond acceptors (Lipinski definition) is 5. The van der Waals surface area contributed by atoms with Crippen LogP contribution in [0.5, 0.6) is 0 Å². The fourth-order valence-corrected chi connectivity index (χ4v) is 0.881. The number of nitrogens with zero attached hydrogens (tertiary/aromatic N) is 2. The van der Waals surface area contributed by atoms with Crippen LogP contribution in [0.2, 0.25) is 0 Å². The number of methoxy groups -OCH3 is 1. The Morgan fingerprint density at radius 1 is 1.75 bits per heavy atom. The minimum Gasteiger partial charge on any atom is -0.373 e. The molecule has 0 spiro atoms. The van der Waals surface area contributed by atoms with Crippen molar-refractivity contribution in [3.8, 4) is 0 Å². The lowest BCUT2D eigenvalue weighted by Gasteiger charge is -2.05. The molecule has 1 rings (SSSR count). The van der Waals surface area contributed by atoms with E-state index in [1.165, 1.54) is 0 Å². The van der Waals surface area contributed by atoms with E-state index in [1.54, 1.807) is 7.11 Å². The Morgan fingerprint density at radius 3 is 2.92 bits per heavy atom. The Hall–Kier alpha value is -1.23. The Labute approximate surface area is 69.7 Å². The minimum absolute atomic E-state index is 0.0134. The molecule has 0 N–H and O–H groups in total. The van der Waals surface area contributed by atoms with Crippen LogP contribution in [0.1, 0.15) is 36.0 Å². The lowest BCUT2D eigenvalue weighted by molar-refractivity contribution is 0.0903. The number of hydrogen-bond donors (Lipinski definition) is 0. The van der Waals surface area contributed by atoms with Gasteiger partial charge in [0.05, 0.1) is 0 Å². The van der Waals surface area contributed by atoms with Crippen LogP contribution in [-0.2, 0) is 4.74 Å². The van der Waals surface area contributed by atoms with Gasteiger partial charge in [0, 0.05) is 7.11 Å². The number of ether oxygens (including phenoxy) is 1. The van der Waals surface area contributed by atoms with E-state index in [0.29, 0.717) is 12.1 Å². The van der Waals surface area contributed by atoms with Gasteiger partial charge in [-0.15, -0.1) is 0 Å². The zero-order valence-corrected chi connectivity index (χ0v) is 6.98. The van der Waals surface area contributed by atoms with Crippen molar-refractivity contribution in [2.75, 3.05) is 7.11 Å². The summed E-state index contributed by atoms with van der Waals surface area (Å²) in [6.07, 6.45) is 1.06. The van der Waals surface area contributed by atoms with Crippen molar-refractivity contribution in [3.63, 3.8) is 0 Å². The molecule has 5 nitrogen and oxygen atoms in total. The van der Waals surface area contributed by atoms with Crippen LogP contribution >= 0.6 is 0 Å². The third-order valence-electron chi connectivity index (χ3n) is 1.50. The normalized spacial score (nSPS) is 12.8. The molecule has 0 aliphatic heterocycles. The zero-order chi connectivity index (χ0) is 8.97. The summed E-state index contributed by atoms with van der Waals surface area (Å²) in [5.41, 5.74) is 0. The highest BCUT2D eigenvalue weighted by molar-refractivity contribution is 5.66. The summed E-state index contributed by atoms with van der Waals surface area (Å²) < 4.78 is 9.63. The van der Waals surface area contributed by atoms with Crippen LogP contribution in [0, 0.1) is 0 Å². The fourth-order valence-electron chi connectivity index (χ4n) is 0.881. The molecular formula is C7H10N2O3. The van der Waals surface area contributed by atoms with Gasteiger partial charge in [-0.3, -0.25) is 4.79 Å². The van der Waals surface area contributed by atoms with Gasteiger partial charge in [0.25, 0.3) is 5.89 Å². The molecule has 0 amide bonds. The highest BCUT2D eigenvalue weighted by Crippen LogP contribution is 2.15. The van der Waals surface area contributed by atoms with E-state index in [4.69, 9.17) is 4.74 Å². The first kappa shape index (κ1) is 8.86. The van der Waals surface area contributed by atoms with E-state index in [-0.39, 0.29) is 12.0 Å². The van der Waals surface area contributed by atoms with Crippen molar-refractivity contribution >= 4 is 6.29 Å². The monoisotopic (exact) mass is 170 g/mol. The summed E-state index contributed by atoms with van der Waals surface area (Å²) >= 11 is 0. The molecule has 0 radical (unpaired) electrons. The number of carbonyl (C=O) groups excluding carboxylic acids is 1. The van der Waals surface area contributed by atoms with Crippen molar-refractivity contribution in [1.82, 2.24) is 10.1 Å². The van der Waals surface area contributed by atoms with Gasteiger partial charge < -0.3 is 9.26 Å². The first-order valence-corrected chi connectivity index (χ1v) is 3.63. The lowest BCUT2D eigenvalue weighted by Crippen LogP contribution is -2.01. The van der Waals surface area contributed by atoms with Gasteiger partial charge in [0.15, 0.2) is 0 Å². The van der Waals surface area contributed by atoms with Crippen molar-refractivity contribution in [1.29, 1.82) is 0 Å². The Morgan fingerprint density at radius 2 is 2.50 bits per heavy atom. The van der Waals surface area contributed by atoms with E-state index in [9.17, 15) is 4.79 Å². The molecule has 0 saturated heterocycles. The molecule has 0 aromatic carbocycles. The second-order valence-electron chi connectivity index (χ2n) is 2.24. The van der Waals surface area contributed by atoms with Crippen molar-refractivity contribution in [2.45, 2.75) is 19.4 Å². The first-order valence-electron chi connectivity index (χ1n) is 3.63. The van der Waals surface area contributed by atoms with Gasteiger partial charge in [-0.2, -0.15) is 4.98 Å². The topological polar surface area (TPSA) is 65.2 Å². The van der Waals surface area contributed by atoms with Gasteiger partial charge in [0.1, 0.15) is 6.10 Å². The second-order valence-corrected chi connectivity index (χ2v) is 2.24. The highest BCUT2D eigenvalue weighted by atomic mass is 16.5. The molecule has 12 heavy (non-hydrogen) atoms. The average molecular weight is 170 g/mol. The summed E-state index contributed by atoms with van der Waals surface area (Å²) in [5.74, 6) is 0.405. The fraction of sp³-hybridized carbons (Fsp3) is 0.571. The Bertz CT molecular complexity index is 255. The molecule has 0 aliphatic carbocycles. The van der Waals surface area contributed by atoms with Crippen LogP contribution < -0.4 is 0 Å². The van der Waals surface area contributed by atoms with Gasteiger partial charge in [0.2, 0.25) is 12.1 Å². The number of aromatic nitrogens is 2. The molecule has 0 bridgehead atoms. The molecule has 0 aliphatic rings. The minimum atomic E-state index is -0.192. The molecule has 1 atom stereocenters. The van der Waals surface area contributed by atoms with Crippen LogP contribution in [-0.4, -0.2) is 23.5 Å². The number of carbonyl (C=O) groups is 1. The number of rotatable bonds is 4. The van der Waals surface area contributed by atoms with Gasteiger partial charge in [-0.05, 0) is 6.42 Å². The lowest BCUT2D eigenvalue weighted by atomic mass is 10.3. The SMILES string of the molecule is CCC(OC)c1noc(C=O)n1. The maximum atomic E-state index is 10.2. The zero-order valence-electron chi connectivity index (χ0n) is 6.98. The molecule has 66 valence electrons. The van der Waals surface area contributed by atoms with Crippen molar-refractivity contribution < 1.29 is 14.1 Å². The second kappa shape index (κ2) is 3.96. The summed E-state index contributed by atoms with van der Waals surface area (Å²) in [4.78, 5) is 14.0. The molecule has 1 aromatic heterocycles. The maximum absolute atomic E-state index is 10.2. The third-order valence-corrected chi connectivity index (χ3v) is 1.50. The highest BCUT2D eigenvalue weighted by Gasteiger charge is 2.14. The van der Waals surface area contributed by atoms with Crippen LogP contribution in [0.3, 0.4) is 0 Å². The standard InChI is InChI=1S/C7H10N2O3/c1-3-5(11-2)7-8-6(4-10)12-9-7/h4-5H,3H2,1-2H3. The maximum Gasteiger partial charge on any atom is 0.290 e. The summed E-state index contributed by atoms with van der Waals surface area (Å²) in [5, 5.41) is 3.59.